The third-order valence-corrected chi connectivity index (χ3v) is 0. The summed E-state index contributed by atoms with van der Waals surface area (Å²) >= 11 is 3.96. The summed E-state index contributed by atoms with van der Waals surface area (Å²) in [6, 6.07) is 0. The SMILES string of the molecule is [Cr].[Ni].[Ti][Mo]. The van der Waals surface area contributed by atoms with E-state index >= 15 is 0 Å². The van der Waals surface area contributed by atoms with Gasteiger partial charge in [0.15, 0.2) is 0 Å². The van der Waals surface area contributed by atoms with Gasteiger partial charge in [0.1, 0.15) is 0 Å². The average molecular weight is 254 g/mol. The Morgan fingerprint density at radius 2 is 1.25 bits per heavy atom. The summed E-state index contributed by atoms with van der Waals surface area (Å²) in [5, 5.41) is 0. The van der Waals surface area contributed by atoms with Gasteiger partial charge in [-0.05, 0) is 0 Å². The predicted molar refractivity (Wildman–Crippen MR) is 0 cm³/mol. The monoisotopic (exact) mass is 256 g/mol. The van der Waals surface area contributed by atoms with Crippen molar-refractivity contribution in [1.82, 2.24) is 0 Å². The molecule has 0 amide bonds. The molecule has 0 spiro atoms. The first kappa shape index (κ1) is 16.1. The van der Waals surface area contributed by atoms with Gasteiger partial charge in [-0.3, -0.25) is 0 Å². The van der Waals surface area contributed by atoms with E-state index in [9.17, 15) is 0 Å². The van der Waals surface area contributed by atoms with Gasteiger partial charge >= 0.3 is 34.0 Å². The molecule has 0 rings (SSSR count). The van der Waals surface area contributed by atoms with Crippen LogP contribution in [0.3, 0.4) is 0 Å². The van der Waals surface area contributed by atoms with E-state index in [0.717, 1.165) is 0 Å². The molecule has 0 aliphatic rings. The molecule has 0 heterocycles. The molecular weight excluding hydrogens is 254 g/mol. The molecule has 0 N–H and O–H groups in total. The fourth-order valence-electron chi connectivity index (χ4n) is 0. The van der Waals surface area contributed by atoms with Gasteiger partial charge in [0.05, 0.1) is 0 Å². The van der Waals surface area contributed by atoms with Gasteiger partial charge in [-0.2, -0.15) is 0 Å². The maximum absolute atomic E-state index is 2.01. The Bertz CT molecular complexity index is 8.00. The second-order valence-electron chi connectivity index (χ2n) is 0. The van der Waals surface area contributed by atoms with E-state index in [1.165, 1.54) is 0 Å². The second-order valence-corrected chi connectivity index (χ2v) is 0. The molecule has 0 unspecified atom stereocenters. The van der Waals surface area contributed by atoms with Crippen LogP contribution in [0.25, 0.3) is 0 Å². The molecule has 0 aromatic heterocycles. The molecule has 0 saturated heterocycles. The van der Waals surface area contributed by atoms with Gasteiger partial charge in [-0.15, -0.1) is 0 Å². The van der Waals surface area contributed by atoms with E-state index in [2.05, 4.69) is 0 Å². The summed E-state index contributed by atoms with van der Waals surface area (Å²) in [6.45, 7) is 0. The number of hydrogen-bond acceptors (Lipinski definition) is 0. The van der Waals surface area contributed by atoms with E-state index in [1.807, 2.05) is 34.0 Å². The topological polar surface area (TPSA) is 0 Å². The molecule has 4 heavy (non-hydrogen) atoms. The molecule has 0 radical (unpaired) electrons. The van der Waals surface area contributed by atoms with Crippen molar-refractivity contribution in [2.24, 2.45) is 0 Å². The molecule has 0 aromatic rings. The quantitative estimate of drug-likeness (QED) is 0.534. The Kier molecular flexibility index (Phi) is 72.7. The van der Waals surface area contributed by atoms with Crippen molar-refractivity contribution in [3.63, 3.8) is 0 Å². The van der Waals surface area contributed by atoms with Gasteiger partial charge in [0.2, 0.25) is 0 Å². The molecule has 0 aromatic carbocycles. The summed E-state index contributed by atoms with van der Waals surface area (Å²) in [7, 11) is 0. The van der Waals surface area contributed by atoms with Crippen LogP contribution in [0.15, 0.2) is 0 Å². The first-order valence-electron chi connectivity index (χ1n) is 0.204. The zero-order chi connectivity index (χ0) is 2.00. The maximum atomic E-state index is 2.01. The predicted octanol–water partition coefficient (Wildman–Crippen LogP) is -0.0100. The van der Waals surface area contributed by atoms with E-state index in [1.54, 1.807) is 0 Å². The summed E-state index contributed by atoms with van der Waals surface area (Å²) in [5.41, 5.74) is 0. The Hall–Kier alpha value is 2.43. The van der Waals surface area contributed by atoms with Crippen molar-refractivity contribution in [2.45, 2.75) is 0 Å². The van der Waals surface area contributed by atoms with E-state index in [4.69, 9.17) is 0 Å². The average Bonchev–Trinajstić information content (AvgIpc) is 1.00. The van der Waals surface area contributed by atoms with Crippen LogP contribution in [0.5, 0.6) is 0 Å². The van der Waals surface area contributed by atoms with Crippen LogP contribution >= 0.6 is 0 Å². The third-order valence-electron chi connectivity index (χ3n) is 0. The molecule has 0 atom stereocenters. The van der Waals surface area contributed by atoms with E-state index < -0.39 is 0 Å². The fraction of sp³-hybridized carbons (Fsp3) is 0. The Morgan fingerprint density at radius 1 is 1.25 bits per heavy atom. The molecule has 0 nitrogen and oxygen atoms in total. The fourth-order valence-corrected chi connectivity index (χ4v) is 0. The van der Waals surface area contributed by atoms with Crippen LogP contribution in [0.2, 0.25) is 0 Å². The number of rotatable bonds is 0. The van der Waals surface area contributed by atoms with Crippen molar-refractivity contribution in [3.8, 4) is 0 Å². The van der Waals surface area contributed by atoms with Crippen molar-refractivity contribution in [2.75, 3.05) is 0 Å². The van der Waals surface area contributed by atoms with Crippen molar-refractivity contribution in [3.05, 3.63) is 0 Å². The normalized spacial score (nSPS) is 0.750. The summed E-state index contributed by atoms with van der Waals surface area (Å²) < 4.78 is 0. The molecule has 0 saturated carbocycles. The molecular formula is CrMoNiTi. The minimum absolute atomic E-state index is 0. The van der Waals surface area contributed by atoms with Crippen molar-refractivity contribution >= 4 is 0 Å². The van der Waals surface area contributed by atoms with Gasteiger partial charge in [0, 0.05) is 33.9 Å². The molecule has 0 bridgehead atoms. The van der Waals surface area contributed by atoms with Crippen LogP contribution in [0.1, 0.15) is 0 Å². The molecule has 0 aliphatic heterocycles. The molecule has 0 aliphatic carbocycles. The Balaban J connectivity index is -0.00000000500. The van der Waals surface area contributed by atoms with Crippen LogP contribution in [0, 0.1) is 0 Å². The van der Waals surface area contributed by atoms with Crippen LogP contribution in [-0.4, -0.2) is 0 Å². The summed E-state index contributed by atoms with van der Waals surface area (Å²) in [5.74, 6) is 0. The molecule has 4 heteroatoms. The molecule has 0 fully saturated rings. The van der Waals surface area contributed by atoms with Crippen LogP contribution in [-0.2, 0) is 67.9 Å². The van der Waals surface area contributed by atoms with E-state index in [0.29, 0.717) is 0 Å². The van der Waals surface area contributed by atoms with Crippen molar-refractivity contribution < 1.29 is 67.9 Å². The zero-order valence-electron chi connectivity index (χ0n) is 1.63. The third kappa shape index (κ3) is 8.83. The summed E-state index contributed by atoms with van der Waals surface area (Å²) in [6.07, 6.45) is 0. The van der Waals surface area contributed by atoms with Gasteiger partial charge in [0.25, 0.3) is 0 Å². The molecule has 26 valence electrons. The van der Waals surface area contributed by atoms with Gasteiger partial charge in [-0.1, -0.05) is 0 Å². The Labute approximate surface area is 66.9 Å². The first-order chi connectivity index (χ1) is 1.00. The Morgan fingerprint density at radius 3 is 1.25 bits per heavy atom. The van der Waals surface area contributed by atoms with Gasteiger partial charge in [-0.25, -0.2) is 0 Å². The standard InChI is InChI=1S/Cr.Mo.Ni.Ti. The second kappa shape index (κ2) is 18.1. The summed E-state index contributed by atoms with van der Waals surface area (Å²) in [4.78, 5) is 0. The van der Waals surface area contributed by atoms with Crippen LogP contribution in [0.4, 0.5) is 0 Å². The van der Waals surface area contributed by atoms with E-state index in [-0.39, 0.29) is 33.9 Å². The number of hydrogen-bond donors (Lipinski definition) is 0. The minimum atomic E-state index is 0. The van der Waals surface area contributed by atoms with Crippen molar-refractivity contribution in [1.29, 1.82) is 0 Å². The van der Waals surface area contributed by atoms with Gasteiger partial charge < -0.3 is 0 Å². The first-order valence-corrected chi connectivity index (χ1v) is 4.98. The zero-order valence-corrected chi connectivity index (χ0v) is 7.46. The van der Waals surface area contributed by atoms with Crippen LogP contribution < -0.4 is 0 Å².